The molecule has 0 aliphatic carbocycles. The van der Waals surface area contributed by atoms with Gasteiger partial charge in [-0.3, -0.25) is 9.48 Å². The first kappa shape index (κ1) is 28.1. The molecule has 8 nitrogen and oxygen atoms in total. The molecule has 4 aromatic rings. The minimum Gasteiger partial charge on any atom is -0.497 e. The van der Waals surface area contributed by atoms with E-state index in [2.05, 4.69) is 17.2 Å². The largest absolute Gasteiger partial charge is 0.497 e. The molecular weight excluding hydrogens is 552 g/mol. The number of ether oxygens (including phenoxy) is 2. The van der Waals surface area contributed by atoms with Crippen molar-refractivity contribution < 1.29 is 19.1 Å². The van der Waals surface area contributed by atoms with Gasteiger partial charge in [-0.05, 0) is 74.4 Å². The molecular formula is C33H35ClN4O4. The van der Waals surface area contributed by atoms with Gasteiger partial charge in [0.05, 0.1) is 25.4 Å². The lowest BCUT2D eigenvalue weighted by atomic mass is 9.97. The third-order valence-corrected chi connectivity index (χ3v) is 8.32. The lowest BCUT2D eigenvalue weighted by Crippen LogP contribution is -2.42. The average molecular weight is 587 g/mol. The second kappa shape index (κ2) is 11.0. The Kier molecular flexibility index (Phi) is 7.35. The van der Waals surface area contributed by atoms with E-state index in [9.17, 15) is 9.59 Å². The van der Waals surface area contributed by atoms with Gasteiger partial charge in [-0.15, -0.1) is 0 Å². The third kappa shape index (κ3) is 5.43. The van der Waals surface area contributed by atoms with Crippen LogP contribution in [0.5, 0.6) is 5.75 Å². The van der Waals surface area contributed by atoms with Gasteiger partial charge < -0.3 is 19.3 Å². The summed E-state index contributed by atoms with van der Waals surface area (Å²) in [5, 5.41) is 7.15. The first-order chi connectivity index (χ1) is 20.1. The third-order valence-electron chi connectivity index (χ3n) is 8.00. The molecule has 42 heavy (non-hydrogen) atoms. The van der Waals surface area contributed by atoms with Crippen LogP contribution >= 0.6 is 11.6 Å². The summed E-state index contributed by atoms with van der Waals surface area (Å²) in [6.07, 6.45) is 3.92. The molecule has 0 radical (unpaired) electrons. The van der Waals surface area contributed by atoms with Crippen LogP contribution < -0.4 is 9.64 Å². The van der Waals surface area contributed by atoms with Crippen LogP contribution in [0.15, 0.2) is 60.8 Å². The van der Waals surface area contributed by atoms with Gasteiger partial charge in [0.1, 0.15) is 11.4 Å². The van der Waals surface area contributed by atoms with Gasteiger partial charge in [0, 0.05) is 42.2 Å². The molecule has 6 rings (SSSR count). The van der Waals surface area contributed by atoms with Crippen LogP contribution in [0.25, 0.3) is 10.8 Å². The van der Waals surface area contributed by atoms with Crippen LogP contribution in [-0.2, 0) is 17.7 Å². The van der Waals surface area contributed by atoms with E-state index in [0.29, 0.717) is 31.2 Å². The maximum absolute atomic E-state index is 13.5. The predicted molar refractivity (Wildman–Crippen MR) is 164 cm³/mol. The summed E-state index contributed by atoms with van der Waals surface area (Å²) < 4.78 is 12.8. The first-order valence-corrected chi connectivity index (χ1v) is 14.7. The zero-order valence-corrected chi connectivity index (χ0v) is 25.1. The number of rotatable bonds is 6. The van der Waals surface area contributed by atoms with Gasteiger partial charge in [0.2, 0.25) is 0 Å². The second-order valence-corrected chi connectivity index (χ2v) is 12.4. The van der Waals surface area contributed by atoms with Crippen molar-refractivity contribution in [3.05, 3.63) is 88.2 Å². The molecule has 1 aromatic heterocycles. The van der Waals surface area contributed by atoms with E-state index in [4.69, 9.17) is 21.1 Å². The molecule has 2 aliphatic heterocycles. The molecule has 2 amide bonds. The van der Waals surface area contributed by atoms with Crippen molar-refractivity contribution in [3.63, 3.8) is 0 Å². The Hall–Kier alpha value is -4.04. The highest BCUT2D eigenvalue weighted by Crippen LogP contribution is 2.40. The molecule has 0 atom stereocenters. The van der Waals surface area contributed by atoms with Crippen molar-refractivity contribution >= 4 is 40.1 Å². The van der Waals surface area contributed by atoms with E-state index >= 15 is 0 Å². The molecule has 1 fully saturated rings. The lowest BCUT2D eigenvalue weighted by Gasteiger charge is -2.33. The number of amides is 2. The molecule has 3 aromatic carbocycles. The van der Waals surface area contributed by atoms with Gasteiger partial charge in [0.25, 0.3) is 5.91 Å². The van der Waals surface area contributed by atoms with E-state index in [1.807, 2.05) is 79.0 Å². The Morgan fingerprint density at radius 2 is 1.76 bits per heavy atom. The van der Waals surface area contributed by atoms with E-state index in [1.54, 1.807) is 12.0 Å². The van der Waals surface area contributed by atoms with Crippen molar-refractivity contribution in [3.8, 4) is 5.75 Å². The number of nitrogens with zero attached hydrogens (tertiary/aromatic N) is 4. The van der Waals surface area contributed by atoms with Gasteiger partial charge in [0.15, 0.2) is 5.15 Å². The molecule has 0 bridgehead atoms. The van der Waals surface area contributed by atoms with Crippen LogP contribution in [0, 0.1) is 0 Å². The monoisotopic (exact) mass is 586 g/mol. The van der Waals surface area contributed by atoms with Crippen LogP contribution in [0.2, 0.25) is 5.15 Å². The quantitative estimate of drug-likeness (QED) is 0.243. The number of anilines is 1. The molecule has 0 N–H and O–H groups in total. The SMILES string of the molecule is COc1ccc(CN2C(=O)c3cccc4c(Cc5cn(C6CCN(C(=O)OC(C)(C)C)CC6)nc5Cl)ccc2c34)cc1. The fraction of sp³-hybridized carbons (Fsp3) is 0.364. The second-order valence-electron chi connectivity index (χ2n) is 12.0. The van der Waals surface area contributed by atoms with Gasteiger partial charge in [-0.2, -0.15) is 5.10 Å². The Labute approximate surface area is 250 Å². The normalized spacial score (nSPS) is 15.5. The Morgan fingerprint density at radius 3 is 2.45 bits per heavy atom. The van der Waals surface area contributed by atoms with Crippen molar-refractivity contribution in [2.24, 2.45) is 0 Å². The summed E-state index contributed by atoms with van der Waals surface area (Å²) >= 11 is 6.66. The number of benzene rings is 3. The number of piperidine rings is 1. The smallest absolute Gasteiger partial charge is 0.410 e. The highest BCUT2D eigenvalue weighted by Gasteiger charge is 2.31. The van der Waals surface area contributed by atoms with Crippen LogP contribution in [0.4, 0.5) is 10.5 Å². The van der Waals surface area contributed by atoms with Crippen molar-refractivity contribution in [2.45, 2.75) is 58.2 Å². The molecule has 0 unspecified atom stereocenters. The number of carbonyl (C=O) groups is 2. The molecule has 9 heteroatoms. The summed E-state index contributed by atoms with van der Waals surface area (Å²) in [6.45, 7) is 7.35. The van der Waals surface area contributed by atoms with Gasteiger partial charge in [-0.25, -0.2) is 4.79 Å². The fourth-order valence-corrected chi connectivity index (χ4v) is 6.09. The van der Waals surface area contributed by atoms with Crippen LogP contribution in [0.1, 0.15) is 66.7 Å². The number of hydrogen-bond donors (Lipinski definition) is 0. The summed E-state index contributed by atoms with van der Waals surface area (Å²) in [6, 6.07) is 18.0. The van der Waals surface area contributed by atoms with Crippen molar-refractivity contribution in [1.29, 1.82) is 0 Å². The van der Waals surface area contributed by atoms with Gasteiger partial charge >= 0.3 is 6.09 Å². The molecule has 218 valence electrons. The maximum Gasteiger partial charge on any atom is 0.410 e. The number of halogens is 1. The maximum atomic E-state index is 13.5. The van der Waals surface area contributed by atoms with E-state index in [-0.39, 0.29) is 18.0 Å². The number of carbonyl (C=O) groups excluding carboxylic acids is 2. The van der Waals surface area contributed by atoms with Crippen LogP contribution in [0.3, 0.4) is 0 Å². The summed E-state index contributed by atoms with van der Waals surface area (Å²) in [7, 11) is 1.64. The molecule has 0 spiro atoms. The fourth-order valence-electron chi connectivity index (χ4n) is 5.89. The summed E-state index contributed by atoms with van der Waals surface area (Å²) in [5.74, 6) is 0.793. The Morgan fingerprint density at radius 1 is 1.02 bits per heavy atom. The molecule has 1 saturated heterocycles. The van der Waals surface area contributed by atoms with Crippen molar-refractivity contribution in [2.75, 3.05) is 25.1 Å². The predicted octanol–water partition coefficient (Wildman–Crippen LogP) is 7.02. The van der Waals surface area contributed by atoms with E-state index in [1.165, 1.54) is 0 Å². The van der Waals surface area contributed by atoms with E-state index in [0.717, 1.165) is 57.3 Å². The first-order valence-electron chi connectivity index (χ1n) is 14.3. The standard InChI is InChI=1S/C33H35ClN4O4/c1-33(2,3)42-32(40)36-16-14-24(15-17-36)38-20-23(30(34)35-38)18-22-10-13-28-29-26(22)6-5-7-27(29)31(39)37(28)19-21-8-11-25(41-4)12-9-21/h5-13,20,24H,14-19H2,1-4H3. The zero-order valence-electron chi connectivity index (χ0n) is 24.4. The van der Waals surface area contributed by atoms with Gasteiger partial charge in [-0.1, -0.05) is 41.9 Å². The number of hydrogen-bond acceptors (Lipinski definition) is 5. The Bertz CT molecular complexity index is 1650. The average Bonchev–Trinajstić information content (AvgIpc) is 3.47. The minimum absolute atomic E-state index is 0.00661. The topological polar surface area (TPSA) is 76.9 Å². The van der Waals surface area contributed by atoms with Crippen LogP contribution in [-0.4, -0.2) is 52.5 Å². The lowest BCUT2D eigenvalue weighted by molar-refractivity contribution is 0.0184. The van der Waals surface area contributed by atoms with Crippen molar-refractivity contribution in [1.82, 2.24) is 14.7 Å². The minimum atomic E-state index is -0.511. The molecule has 3 heterocycles. The summed E-state index contributed by atoms with van der Waals surface area (Å²) in [4.78, 5) is 29.5. The number of methoxy groups -OCH3 is 1. The molecule has 0 saturated carbocycles. The summed E-state index contributed by atoms with van der Waals surface area (Å²) in [5.41, 5.74) is 4.19. The van der Waals surface area contributed by atoms with E-state index < -0.39 is 5.60 Å². The highest BCUT2D eigenvalue weighted by atomic mass is 35.5. The molecule has 2 aliphatic rings. The Balaban J connectivity index is 1.20. The number of likely N-dealkylation sites (tertiary alicyclic amines) is 1. The number of aromatic nitrogens is 2. The highest BCUT2D eigenvalue weighted by molar-refractivity contribution is 6.30. The zero-order chi connectivity index (χ0) is 29.6.